The van der Waals surface area contributed by atoms with Crippen LogP contribution in [0.1, 0.15) is 23.2 Å². The van der Waals surface area contributed by atoms with Gasteiger partial charge < -0.3 is 19.3 Å². The fourth-order valence-electron chi connectivity index (χ4n) is 2.69. The Labute approximate surface area is 166 Å². The molecule has 0 aliphatic carbocycles. The highest BCUT2D eigenvalue weighted by Gasteiger charge is 2.15. The quantitative estimate of drug-likeness (QED) is 0.461. The maximum absolute atomic E-state index is 12.3. The largest absolute Gasteiger partial charge is 0.469 e. The summed E-state index contributed by atoms with van der Waals surface area (Å²) < 4.78 is 15.0. The Bertz CT molecular complexity index is 1010. The van der Waals surface area contributed by atoms with Gasteiger partial charge in [0.15, 0.2) is 12.4 Å². The van der Waals surface area contributed by atoms with Crippen LogP contribution in [0.2, 0.25) is 0 Å². The predicted octanol–water partition coefficient (Wildman–Crippen LogP) is 2.72. The molecule has 0 spiro atoms. The molecule has 0 aliphatic heterocycles. The Morgan fingerprint density at radius 2 is 1.90 bits per heavy atom. The predicted molar refractivity (Wildman–Crippen MR) is 104 cm³/mol. The molecular weight excluding hydrogens is 376 g/mol. The number of rotatable bonds is 8. The van der Waals surface area contributed by atoms with Crippen LogP contribution in [0.15, 0.2) is 53.1 Å². The molecule has 0 bridgehead atoms. The third-order valence-corrected chi connectivity index (χ3v) is 4.19. The lowest BCUT2D eigenvalue weighted by atomic mass is 10.1. The number of hydrogen-bond donors (Lipinski definition) is 1. The van der Waals surface area contributed by atoms with E-state index in [1.165, 1.54) is 7.11 Å². The third-order valence-electron chi connectivity index (χ3n) is 4.19. The number of methoxy groups -OCH3 is 1. The van der Waals surface area contributed by atoms with Crippen LogP contribution in [0.25, 0.3) is 22.2 Å². The maximum atomic E-state index is 12.3. The van der Waals surface area contributed by atoms with Crippen molar-refractivity contribution in [3.8, 4) is 11.3 Å². The van der Waals surface area contributed by atoms with Crippen LogP contribution in [0.4, 0.5) is 0 Å². The van der Waals surface area contributed by atoms with E-state index in [0.29, 0.717) is 29.6 Å². The molecular formula is C21H20N2O6. The number of esters is 2. The van der Waals surface area contributed by atoms with Crippen LogP contribution in [0.5, 0.6) is 0 Å². The van der Waals surface area contributed by atoms with Crippen molar-refractivity contribution in [3.63, 3.8) is 0 Å². The van der Waals surface area contributed by atoms with E-state index in [1.807, 2.05) is 30.3 Å². The number of aromatic nitrogens is 1. The summed E-state index contributed by atoms with van der Waals surface area (Å²) in [6.45, 7) is -0.122. The minimum atomic E-state index is -0.628. The normalized spacial score (nSPS) is 10.5. The number of nitrogens with zero attached hydrogens (tertiary/aromatic N) is 1. The van der Waals surface area contributed by atoms with E-state index in [4.69, 9.17) is 9.26 Å². The number of benzene rings is 2. The molecule has 8 nitrogen and oxygen atoms in total. The van der Waals surface area contributed by atoms with Gasteiger partial charge >= 0.3 is 11.9 Å². The zero-order chi connectivity index (χ0) is 20.6. The summed E-state index contributed by atoms with van der Waals surface area (Å²) in [5.41, 5.74) is 1.74. The fraction of sp³-hybridized carbons (Fsp3) is 0.238. The van der Waals surface area contributed by atoms with Crippen molar-refractivity contribution in [1.82, 2.24) is 10.5 Å². The Balaban J connectivity index is 1.58. The van der Waals surface area contributed by atoms with Gasteiger partial charge in [-0.2, -0.15) is 0 Å². The third kappa shape index (κ3) is 5.19. The van der Waals surface area contributed by atoms with Crippen molar-refractivity contribution in [2.75, 3.05) is 20.3 Å². The lowest BCUT2D eigenvalue weighted by Crippen LogP contribution is -2.29. The smallest absolute Gasteiger partial charge is 0.338 e. The molecule has 1 N–H and O–H groups in total. The molecule has 0 aliphatic rings. The Kier molecular flexibility index (Phi) is 6.57. The van der Waals surface area contributed by atoms with Crippen LogP contribution >= 0.6 is 0 Å². The fourth-order valence-corrected chi connectivity index (χ4v) is 2.69. The Hall–Kier alpha value is -3.68. The van der Waals surface area contributed by atoms with Gasteiger partial charge in [0.05, 0.1) is 18.1 Å². The van der Waals surface area contributed by atoms with Crippen molar-refractivity contribution in [1.29, 1.82) is 0 Å². The highest BCUT2D eigenvalue weighted by molar-refractivity contribution is 5.99. The van der Waals surface area contributed by atoms with Gasteiger partial charge in [0.1, 0.15) is 5.52 Å². The SMILES string of the molecule is COC(=O)CCCNC(=O)COC(=O)c1ccc2noc(-c3ccccc3)c2c1. The van der Waals surface area contributed by atoms with Gasteiger partial charge in [-0.25, -0.2) is 4.79 Å². The van der Waals surface area contributed by atoms with E-state index in [9.17, 15) is 14.4 Å². The Morgan fingerprint density at radius 1 is 1.10 bits per heavy atom. The number of hydrogen-bond acceptors (Lipinski definition) is 7. The zero-order valence-electron chi connectivity index (χ0n) is 15.8. The van der Waals surface area contributed by atoms with E-state index in [2.05, 4.69) is 15.2 Å². The van der Waals surface area contributed by atoms with Gasteiger partial charge in [0.25, 0.3) is 5.91 Å². The van der Waals surface area contributed by atoms with Gasteiger partial charge in [0, 0.05) is 18.5 Å². The van der Waals surface area contributed by atoms with Crippen molar-refractivity contribution < 1.29 is 28.4 Å². The highest BCUT2D eigenvalue weighted by Crippen LogP contribution is 2.29. The molecule has 1 amide bonds. The average Bonchev–Trinajstić information content (AvgIpc) is 3.18. The van der Waals surface area contributed by atoms with Gasteiger partial charge in [0.2, 0.25) is 0 Å². The number of ether oxygens (including phenoxy) is 2. The van der Waals surface area contributed by atoms with Gasteiger partial charge in [-0.3, -0.25) is 9.59 Å². The first kappa shape index (κ1) is 20.1. The molecule has 0 atom stereocenters. The molecule has 3 rings (SSSR count). The van der Waals surface area contributed by atoms with Crippen LogP contribution < -0.4 is 5.32 Å². The van der Waals surface area contributed by atoms with Crippen LogP contribution in [-0.4, -0.2) is 43.3 Å². The second kappa shape index (κ2) is 9.50. The molecule has 0 radical (unpaired) electrons. The zero-order valence-corrected chi connectivity index (χ0v) is 15.8. The van der Waals surface area contributed by atoms with Crippen molar-refractivity contribution in [2.45, 2.75) is 12.8 Å². The molecule has 3 aromatic rings. The summed E-state index contributed by atoms with van der Waals surface area (Å²) in [5.74, 6) is -0.862. The van der Waals surface area contributed by atoms with Gasteiger partial charge in [-0.15, -0.1) is 0 Å². The van der Waals surface area contributed by atoms with E-state index < -0.39 is 18.5 Å². The molecule has 150 valence electrons. The summed E-state index contributed by atoms with van der Waals surface area (Å²) in [7, 11) is 1.31. The number of carbonyl (C=O) groups is 3. The molecule has 0 saturated heterocycles. The number of amides is 1. The second-order valence-corrected chi connectivity index (χ2v) is 6.22. The van der Waals surface area contributed by atoms with E-state index >= 15 is 0 Å². The second-order valence-electron chi connectivity index (χ2n) is 6.22. The minimum absolute atomic E-state index is 0.207. The molecule has 0 unspecified atom stereocenters. The van der Waals surface area contributed by atoms with Crippen LogP contribution in [0, 0.1) is 0 Å². The molecule has 1 aromatic heterocycles. The molecule has 1 heterocycles. The van der Waals surface area contributed by atoms with Crippen molar-refractivity contribution in [3.05, 3.63) is 54.1 Å². The van der Waals surface area contributed by atoms with E-state index in [-0.39, 0.29) is 18.0 Å². The number of carbonyl (C=O) groups excluding carboxylic acids is 3. The molecule has 0 saturated carbocycles. The highest BCUT2D eigenvalue weighted by atomic mass is 16.5. The number of fused-ring (bicyclic) bond motifs is 1. The van der Waals surface area contributed by atoms with Crippen LogP contribution in [-0.2, 0) is 19.1 Å². The first-order chi connectivity index (χ1) is 14.1. The summed E-state index contributed by atoms with van der Waals surface area (Å²) in [4.78, 5) is 35.1. The standard InChI is InChI=1S/C21H20N2O6/c1-27-19(25)8-5-11-22-18(24)13-28-21(26)15-9-10-17-16(12-15)20(29-23-17)14-6-3-2-4-7-14/h2-4,6-7,9-10,12H,5,8,11,13H2,1H3,(H,22,24). The first-order valence-corrected chi connectivity index (χ1v) is 9.04. The molecule has 29 heavy (non-hydrogen) atoms. The maximum Gasteiger partial charge on any atom is 0.338 e. The lowest BCUT2D eigenvalue weighted by molar-refractivity contribution is -0.140. The van der Waals surface area contributed by atoms with Gasteiger partial charge in [-0.1, -0.05) is 35.5 Å². The topological polar surface area (TPSA) is 108 Å². The summed E-state index contributed by atoms with van der Waals surface area (Å²) in [6, 6.07) is 14.3. The van der Waals surface area contributed by atoms with E-state index in [0.717, 1.165) is 5.56 Å². The van der Waals surface area contributed by atoms with Crippen LogP contribution in [0.3, 0.4) is 0 Å². The summed E-state index contributed by atoms with van der Waals surface area (Å²) in [6.07, 6.45) is 0.651. The van der Waals surface area contributed by atoms with E-state index in [1.54, 1.807) is 18.2 Å². The van der Waals surface area contributed by atoms with Crippen molar-refractivity contribution in [2.24, 2.45) is 0 Å². The first-order valence-electron chi connectivity index (χ1n) is 9.04. The molecule has 0 fully saturated rings. The van der Waals surface area contributed by atoms with Gasteiger partial charge in [-0.05, 0) is 24.6 Å². The molecule has 2 aromatic carbocycles. The van der Waals surface area contributed by atoms with Crippen molar-refractivity contribution >= 4 is 28.7 Å². The number of nitrogens with one attached hydrogen (secondary N) is 1. The average molecular weight is 396 g/mol. The summed E-state index contributed by atoms with van der Waals surface area (Å²) in [5, 5.41) is 7.26. The Morgan fingerprint density at radius 3 is 2.66 bits per heavy atom. The lowest BCUT2D eigenvalue weighted by Gasteiger charge is -2.06. The monoisotopic (exact) mass is 396 g/mol. The minimum Gasteiger partial charge on any atom is -0.469 e. The summed E-state index contributed by atoms with van der Waals surface area (Å²) >= 11 is 0. The molecule has 8 heteroatoms.